The smallest absolute Gasteiger partial charge is 0.245 e. The number of aliphatic imine (C=N–C) groups is 1. The van der Waals surface area contributed by atoms with E-state index in [0.29, 0.717) is 41.6 Å². The Bertz CT molecular complexity index is 3340. The lowest BCUT2D eigenvalue weighted by Gasteiger charge is -2.30. The van der Waals surface area contributed by atoms with Crippen LogP contribution >= 0.6 is 0 Å². The first-order valence-electron chi connectivity index (χ1n) is 29.0. The zero-order valence-electron chi connectivity index (χ0n) is 48.5. The second kappa shape index (κ2) is 31.0. The number of carbonyl (C=O) groups is 8. The first kappa shape index (κ1) is 64.2. The Kier molecular flexibility index (Phi) is 23.2. The third kappa shape index (κ3) is 18.1. The van der Waals surface area contributed by atoms with Gasteiger partial charge in [-0.25, -0.2) is 4.39 Å². The van der Waals surface area contributed by atoms with Crippen LogP contribution in [0.25, 0.3) is 21.8 Å². The number of nitrogens with zero attached hydrogens (tertiary/aromatic N) is 2. The molecule has 15 N–H and O–H groups in total. The van der Waals surface area contributed by atoms with Gasteiger partial charge >= 0.3 is 0 Å². The second-order valence-corrected chi connectivity index (χ2v) is 21.9. The summed E-state index contributed by atoms with van der Waals surface area (Å²) in [5, 5.41) is 41.7. The Hall–Kier alpha value is -9.32. The number of phenols is 1. The largest absolute Gasteiger partial charge is 0.508 e. The Morgan fingerprint density at radius 2 is 1.17 bits per heavy atom. The molecule has 7 atom stereocenters. The van der Waals surface area contributed by atoms with Crippen molar-refractivity contribution >= 4 is 75.0 Å². The number of phenolic OH excluding ortho intramolecular Hbond substituents is 1. The van der Waals surface area contributed by atoms with Crippen molar-refractivity contribution in [2.75, 3.05) is 26.2 Å². The van der Waals surface area contributed by atoms with Crippen molar-refractivity contribution in [2.24, 2.45) is 22.4 Å². The molecule has 458 valence electrons. The molecule has 0 aliphatic carbocycles. The van der Waals surface area contributed by atoms with Gasteiger partial charge in [0.2, 0.25) is 47.3 Å². The molecule has 24 heteroatoms. The summed E-state index contributed by atoms with van der Waals surface area (Å²) in [6.07, 6.45) is 4.56. The maximum atomic E-state index is 15.0. The highest BCUT2D eigenvalue weighted by Crippen LogP contribution is 2.23. The standard InChI is InChI=1S/C62H78FN13O10/c1-4-66-60(85)53-16-10-28-76(53)61(86)47(15-9-27-67-62(64)65)71-55(80)48(29-36(2)3)72-58(83)51(32-40-34-69-46-14-8-6-12-44(40)46)74-56(81)49(30-38-19-24-42(78)25-20-38)73-59(84)52(35-77)75-57(82)50(31-39-33-68-45-13-7-5-11-43(39)45)70-54(79)26-21-37-17-22-41(63)23-18-37/h5-8,11-14,17-20,22-25,33-34,36,47-53,68-69,77-78H,4,9-10,15-16,21,26-32,35H2,1-3H3,(H,66,85)(H,70,79)(H,71,80)(H,72,83)(H,73,84)(H,74,81)(H,75,82)(H4,64,65,67)/t47-,48-,49-,50-,51+,52-,53-/m0/s1. The van der Waals surface area contributed by atoms with Gasteiger partial charge in [0, 0.05) is 79.5 Å². The van der Waals surface area contributed by atoms with Crippen LogP contribution in [0.5, 0.6) is 5.75 Å². The summed E-state index contributed by atoms with van der Waals surface area (Å²) in [7, 11) is 0. The molecule has 3 heterocycles. The summed E-state index contributed by atoms with van der Waals surface area (Å²) in [6.45, 7) is 5.27. The molecule has 0 radical (unpaired) electrons. The van der Waals surface area contributed by atoms with E-state index in [4.69, 9.17) is 11.5 Å². The molecular weight excluding hydrogens is 1110 g/mol. The number of nitrogens with one attached hydrogen (secondary N) is 9. The molecule has 7 rings (SSSR count). The molecule has 0 unspecified atom stereocenters. The summed E-state index contributed by atoms with van der Waals surface area (Å²) >= 11 is 0. The van der Waals surface area contributed by atoms with Crippen molar-refractivity contribution in [3.05, 3.63) is 138 Å². The lowest BCUT2D eigenvalue weighted by molar-refractivity contribution is -0.142. The molecule has 4 aromatic carbocycles. The number of likely N-dealkylation sites (tertiary alicyclic amines) is 1. The van der Waals surface area contributed by atoms with Crippen molar-refractivity contribution in [3.8, 4) is 5.75 Å². The molecule has 0 spiro atoms. The van der Waals surface area contributed by atoms with Gasteiger partial charge in [-0.3, -0.25) is 43.3 Å². The topological polar surface area (TPSA) is 360 Å². The molecular formula is C62H78FN13O10. The molecule has 1 saturated heterocycles. The van der Waals surface area contributed by atoms with E-state index in [2.05, 4.69) is 52.2 Å². The van der Waals surface area contributed by atoms with E-state index in [1.807, 2.05) is 56.3 Å². The van der Waals surface area contributed by atoms with E-state index in [-0.39, 0.29) is 88.0 Å². The Labute approximate surface area is 497 Å². The number of hydrogen-bond acceptors (Lipinski definition) is 11. The van der Waals surface area contributed by atoms with Crippen LogP contribution in [-0.4, -0.2) is 147 Å². The van der Waals surface area contributed by atoms with Gasteiger partial charge in [0.15, 0.2) is 5.96 Å². The minimum Gasteiger partial charge on any atom is -0.508 e. The van der Waals surface area contributed by atoms with Gasteiger partial charge in [-0.15, -0.1) is 0 Å². The first-order valence-corrected chi connectivity index (χ1v) is 29.0. The molecule has 1 aliphatic heterocycles. The van der Waals surface area contributed by atoms with Crippen molar-refractivity contribution in [2.45, 2.75) is 127 Å². The van der Waals surface area contributed by atoms with Crippen LogP contribution in [-0.2, 0) is 64.0 Å². The number of benzene rings is 4. The number of fused-ring (bicyclic) bond motifs is 2. The summed E-state index contributed by atoms with van der Waals surface area (Å²) in [4.78, 5) is 126. The number of carbonyl (C=O) groups excluding carboxylic acids is 8. The number of halogens is 1. The van der Waals surface area contributed by atoms with Crippen molar-refractivity contribution < 1.29 is 53.0 Å². The molecule has 23 nitrogen and oxygen atoms in total. The van der Waals surface area contributed by atoms with E-state index in [1.54, 1.807) is 37.5 Å². The molecule has 0 saturated carbocycles. The third-order valence-electron chi connectivity index (χ3n) is 15.0. The molecule has 6 aromatic rings. The van der Waals surface area contributed by atoms with Gasteiger partial charge in [0.05, 0.1) is 6.61 Å². The number of nitrogens with two attached hydrogens (primary N) is 2. The second-order valence-electron chi connectivity index (χ2n) is 21.9. The summed E-state index contributed by atoms with van der Waals surface area (Å²) in [6, 6.07) is 17.0. The number of rotatable bonds is 30. The number of hydrogen-bond donors (Lipinski definition) is 13. The van der Waals surface area contributed by atoms with Crippen molar-refractivity contribution in [1.82, 2.24) is 52.1 Å². The fourth-order valence-electron chi connectivity index (χ4n) is 10.5. The number of aromatic hydroxyl groups is 1. The molecule has 1 fully saturated rings. The molecule has 2 aromatic heterocycles. The number of aliphatic hydroxyl groups is 1. The van der Waals surface area contributed by atoms with E-state index in [0.717, 1.165) is 21.8 Å². The van der Waals surface area contributed by atoms with Crippen LogP contribution in [0.4, 0.5) is 4.39 Å². The number of aromatic nitrogens is 2. The SMILES string of the molecule is CCNC(=O)[C@@H]1CCCN1C(=O)[C@H](CCCN=C(N)N)NC(=O)[C@H](CC(C)C)NC(=O)[C@@H](Cc1c[nH]c2ccccc12)NC(=O)[C@H](Cc1ccc(O)cc1)NC(=O)[C@H](CO)NC(=O)[C@H](Cc1c[nH]c2ccccc12)NC(=O)CCc1ccc(F)cc1. The summed E-state index contributed by atoms with van der Waals surface area (Å²) in [5.41, 5.74) is 15.1. The fourth-order valence-corrected chi connectivity index (χ4v) is 10.5. The number of guanidine groups is 1. The predicted octanol–water partition coefficient (Wildman–Crippen LogP) is 2.28. The number of H-pyrrole nitrogens is 2. The Morgan fingerprint density at radius 1 is 0.663 bits per heavy atom. The number of para-hydroxylation sites is 2. The van der Waals surface area contributed by atoms with Crippen LogP contribution in [0.3, 0.4) is 0 Å². The van der Waals surface area contributed by atoms with Crippen LogP contribution in [0.15, 0.2) is 114 Å². The quantitative estimate of drug-likeness (QED) is 0.0176. The number of amides is 8. The van der Waals surface area contributed by atoms with Gasteiger partial charge in [0.1, 0.15) is 53.9 Å². The molecule has 1 aliphatic rings. The Morgan fingerprint density at radius 3 is 1.74 bits per heavy atom. The van der Waals surface area contributed by atoms with E-state index in [9.17, 15) is 53.0 Å². The number of likely N-dealkylation sites (N-methyl/N-ethyl adjacent to an activating group) is 1. The van der Waals surface area contributed by atoms with E-state index in [1.165, 1.54) is 41.3 Å². The zero-order valence-corrected chi connectivity index (χ0v) is 48.5. The lowest BCUT2D eigenvalue weighted by atomic mass is 9.99. The van der Waals surface area contributed by atoms with Crippen LogP contribution in [0.1, 0.15) is 81.5 Å². The van der Waals surface area contributed by atoms with Crippen LogP contribution in [0, 0.1) is 11.7 Å². The van der Waals surface area contributed by atoms with Gasteiger partial charge in [-0.2, -0.15) is 0 Å². The minimum atomic E-state index is -1.69. The summed E-state index contributed by atoms with van der Waals surface area (Å²) < 4.78 is 13.6. The zero-order chi connectivity index (χ0) is 61.9. The van der Waals surface area contributed by atoms with E-state index >= 15 is 0 Å². The molecule has 0 bridgehead atoms. The van der Waals surface area contributed by atoms with Crippen LogP contribution < -0.4 is 48.7 Å². The average Bonchev–Trinajstić information content (AvgIpc) is 3.28. The number of aliphatic hydroxyl groups excluding tert-OH is 1. The van der Waals surface area contributed by atoms with Gasteiger partial charge < -0.3 is 73.8 Å². The molecule has 86 heavy (non-hydrogen) atoms. The predicted molar refractivity (Wildman–Crippen MR) is 322 cm³/mol. The van der Waals surface area contributed by atoms with Crippen LogP contribution in [0.2, 0.25) is 0 Å². The minimum absolute atomic E-state index is 0.0407. The summed E-state index contributed by atoms with van der Waals surface area (Å²) in [5.74, 6) is -6.43. The van der Waals surface area contributed by atoms with Crippen molar-refractivity contribution in [3.63, 3.8) is 0 Å². The Balaban J connectivity index is 1.14. The monoisotopic (exact) mass is 1180 g/mol. The van der Waals surface area contributed by atoms with Gasteiger partial charge in [-0.05, 0) is 110 Å². The number of aromatic amines is 2. The normalized spacial score (nSPS) is 15.1. The fraction of sp³-hybridized carbons (Fsp3) is 0.403. The van der Waals surface area contributed by atoms with Gasteiger partial charge in [0.25, 0.3) is 0 Å². The maximum absolute atomic E-state index is 15.0. The highest BCUT2D eigenvalue weighted by molar-refractivity contribution is 5.99. The number of aryl methyl sites for hydroxylation is 1. The first-order chi connectivity index (χ1) is 41.3. The lowest BCUT2D eigenvalue weighted by Crippen LogP contribution is -2.61. The average molecular weight is 1180 g/mol. The third-order valence-corrected chi connectivity index (χ3v) is 15.0. The highest BCUT2D eigenvalue weighted by atomic mass is 19.1. The highest BCUT2D eigenvalue weighted by Gasteiger charge is 2.39. The molecule has 8 amide bonds. The van der Waals surface area contributed by atoms with Crippen molar-refractivity contribution in [1.29, 1.82) is 0 Å². The maximum Gasteiger partial charge on any atom is 0.245 e. The van der Waals surface area contributed by atoms with Gasteiger partial charge in [-0.1, -0.05) is 74.5 Å². The van der Waals surface area contributed by atoms with E-state index < -0.39 is 96.1 Å².